The maximum absolute atomic E-state index is 12.3. The highest BCUT2D eigenvalue weighted by Crippen LogP contribution is 2.70. The second-order valence-corrected chi connectivity index (χ2v) is 11.3. The molecular formula is C25H37NO6. The molecule has 0 radical (unpaired) electrons. The lowest BCUT2D eigenvalue weighted by atomic mass is 9.41. The molecule has 7 heteroatoms. The fourth-order valence-corrected chi connectivity index (χ4v) is 8.65. The molecule has 4 aliphatic carbocycles. The zero-order valence-electron chi connectivity index (χ0n) is 19.0. The molecule has 5 aliphatic rings. The Morgan fingerprint density at radius 3 is 2.62 bits per heavy atom. The summed E-state index contributed by atoms with van der Waals surface area (Å²) in [6.07, 6.45) is 9.04. The Morgan fingerprint density at radius 1 is 1.12 bits per heavy atom. The minimum Gasteiger partial charge on any atom is -0.458 e. The van der Waals surface area contributed by atoms with Crippen molar-refractivity contribution in [3.8, 4) is 0 Å². The Bertz CT molecular complexity index is 842. The van der Waals surface area contributed by atoms with Gasteiger partial charge in [-0.2, -0.15) is 0 Å². The summed E-state index contributed by atoms with van der Waals surface area (Å²) in [5.41, 5.74) is -1.82. The topological polar surface area (TPSA) is 120 Å². The molecule has 1 aliphatic heterocycles. The smallest absolute Gasteiger partial charge is 0.331 e. The molecule has 0 aromatic heterocycles. The van der Waals surface area contributed by atoms with Crippen molar-refractivity contribution in [1.82, 2.24) is 0 Å². The molecule has 1 heterocycles. The molecule has 8 atom stereocenters. The summed E-state index contributed by atoms with van der Waals surface area (Å²) in [6.45, 7) is 2.77. The van der Waals surface area contributed by atoms with E-state index in [4.69, 9.17) is 4.74 Å². The molecule has 32 heavy (non-hydrogen) atoms. The summed E-state index contributed by atoms with van der Waals surface area (Å²) in [4.78, 5) is 16.2. The molecule has 0 amide bonds. The maximum Gasteiger partial charge on any atom is 0.331 e. The third kappa shape index (κ3) is 2.93. The Kier molecular flexibility index (Phi) is 5.36. The summed E-state index contributed by atoms with van der Waals surface area (Å²) in [5.74, 6) is -0.0485. The Labute approximate surface area is 189 Å². The molecule has 0 bridgehead atoms. The summed E-state index contributed by atoms with van der Waals surface area (Å²) >= 11 is 0. The van der Waals surface area contributed by atoms with Gasteiger partial charge >= 0.3 is 5.97 Å². The number of aliphatic hydroxyl groups excluding tert-OH is 2. The molecule has 0 aromatic carbocycles. The Hall–Kier alpha value is -1.28. The first-order valence-electron chi connectivity index (χ1n) is 12.3. The predicted octanol–water partition coefficient (Wildman–Crippen LogP) is 1.76. The zero-order chi connectivity index (χ0) is 22.8. The molecule has 0 saturated heterocycles. The first kappa shape index (κ1) is 22.5. The SMILES string of the molecule is C[C@]12CC[C@H]3[C@@H](CC[C@]4(O)C[C@H](O)CC[C@]34C=NCCO)[C@@]1(O)CC[C@@H]2C1=CC(=O)OC1. The normalized spacial score (nSPS) is 50.5. The third-order valence-corrected chi connectivity index (χ3v) is 10.2. The Balaban J connectivity index is 1.52. The number of hydrogen-bond acceptors (Lipinski definition) is 7. The van der Waals surface area contributed by atoms with Gasteiger partial charge in [0, 0.05) is 29.5 Å². The van der Waals surface area contributed by atoms with Gasteiger partial charge in [0.15, 0.2) is 0 Å². The number of fused-ring (bicyclic) bond motifs is 5. The van der Waals surface area contributed by atoms with Gasteiger partial charge in [-0.05, 0) is 74.7 Å². The van der Waals surface area contributed by atoms with Crippen LogP contribution in [0.3, 0.4) is 0 Å². The van der Waals surface area contributed by atoms with Crippen molar-refractivity contribution in [2.75, 3.05) is 19.8 Å². The highest BCUT2D eigenvalue weighted by atomic mass is 16.5. The molecule has 0 aromatic rings. The van der Waals surface area contributed by atoms with Gasteiger partial charge in [-0.15, -0.1) is 0 Å². The van der Waals surface area contributed by atoms with Crippen LogP contribution < -0.4 is 0 Å². The monoisotopic (exact) mass is 447 g/mol. The van der Waals surface area contributed by atoms with E-state index in [1.54, 1.807) is 6.08 Å². The van der Waals surface area contributed by atoms with Crippen LogP contribution in [0.15, 0.2) is 16.6 Å². The minimum atomic E-state index is -1.04. The largest absolute Gasteiger partial charge is 0.458 e. The molecule has 178 valence electrons. The molecule has 4 N–H and O–H groups in total. The number of nitrogens with zero attached hydrogens (tertiary/aromatic N) is 1. The average molecular weight is 448 g/mol. The van der Waals surface area contributed by atoms with Crippen LogP contribution in [0.4, 0.5) is 0 Å². The highest BCUT2D eigenvalue weighted by Gasteiger charge is 2.71. The first-order chi connectivity index (χ1) is 15.2. The van der Waals surface area contributed by atoms with E-state index in [1.807, 2.05) is 6.21 Å². The lowest BCUT2D eigenvalue weighted by molar-refractivity contribution is -0.237. The molecule has 4 saturated carbocycles. The second kappa shape index (κ2) is 7.62. The van der Waals surface area contributed by atoms with Crippen LogP contribution in [0.5, 0.6) is 0 Å². The number of aliphatic hydroxyl groups is 4. The van der Waals surface area contributed by atoms with E-state index >= 15 is 0 Å². The van der Waals surface area contributed by atoms with Gasteiger partial charge in [-0.1, -0.05) is 6.92 Å². The van der Waals surface area contributed by atoms with Gasteiger partial charge in [0.2, 0.25) is 0 Å². The number of ether oxygens (including phenoxy) is 1. The fourth-order valence-electron chi connectivity index (χ4n) is 8.65. The zero-order valence-corrected chi connectivity index (χ0v) is 19.0. The van der Waals surface area contributed by atoms with Crippen LogP contribution in [-0.2, 0) is 9.53 Å². The Morgan fingerprint density at radius 2 is 1.91 bits per heavy atom. The van der Waals surface area contributed by atoms with Gasteiger partial charge in [-0.3, -0.25) is 4.99 Å². The summed E-state index contributed by atoms with van der Waals surface area (Å²) in [5, 5.41) is 43.8. The predicted molar refractivity (Wildman–Crippen MR) is 118 cm³/mol. The molecule has 0 spiro atoms. The number of hydrogen-bond donors (Lipinski definition) is 4. The van der Waals surface area contributed by atoms with Gasteiger partial charge < -0.3 is 25.2 Å². The van der Waals surface area contributed by atoms with Crippen LogP contribution in [-0.4, -0.2) is 69.7 Å². The van der Waals surface area contributed by atoms with Crippen molar-refractivity contribution in [3.63, 3.8) is 0 Å². The summed E-state index contributed by atoms with van der Waals surface area (Å²) < 4.78 is 5.20. The second-order valence-electron chi connectivity index (χ2n) is 11.3. The van der Waals surface area contributed by atoms with Gasteiger partial charge in [0.1, 0.15) is 6.61 Å². The number of cyclic esters (lactones) is 1. The number of carbonyl (C=O) groups is 1. The molecule has 5 rings (SSSR count). The van der Waals surface area contributed by atoms with Crippen molar-refractivity contribution in [2.24, 2.45) is 33.6 Å². The van der Waals surface area contributed by atoms with Crippen molar-refractivity contribution in [2.45, 2.75) is 82.0 Å². The van der Waals surface area contributed by atoms with E-state index in [1.165, 1.54) is 0 Å². The third-order valence-electron chi connectivity index (χ3n) is 10.2. The van der Waals surface area contributed by atoms with Gasteiger partial charge in [-0.25, -0.2) is 4.79 Å². The van der Waals surface area contributed by atoms with E-state index in [9.17, 15) is 25.2 Å². The van der Waals surface area contributed by atoms with Crippen molar-refractivity contribution in [1.29, 1.82) is 0 Å². The van der Waals surface area contributed by atoms with Crippen LogP contribution in [0.25, 0.3) is 0 Å². The van der Waals surface area contributed by atoms with Crippen LogP contribution in [0.2, 0.25) is 0 Å². The number of rotatable bonds is 4. The van der Waals surface area contributed by atoms with E-state index in [-0.39, 0.29) is 35.7 Å². The lowest BCUT2D eigenvalue weighted by Gasteiger charge is -2.65. The van der Waals surface area contributed by atoms with Crippen LogP contribution in [0, 0.1) is 28.6 Å². The van der Waals surface area contributed by atoms with Crippen LogP contribution >= 0.6 is 0 Å². The number of carbonyl (C=O) groups excluding carboxylic acids is 1. The highest BCUT2D eigenvalue weighted by molar-refractivity contribution is 5.85. The molecule has 7 nitrogen and oxygen atoms in total. The van der Waals surface area contributed by atoms with Gasteiger partial charge in [0.25, 0.3) is 0 Å². The number of esters is 1. The van der Waals surface area contributed by atoms with E-state index < -0.39 is 22.7 Å². The molecular weight excluding hydrogens is 410 g/mol. The van der Waals surface area contributed by atoms with Crippen molar-refractivity contribution < 1.29 is 30.0 Å². The first-order valence-corrected chi connectivity index (χ1v) is 12.3. The van der Waals surface area contributed by atoms with E-state index in [0.717, 1.165) is 31.3 Å². The molecule has 0 unspecified atom stereocenters. The molecule has 4 fully saturated rings. The lowest BCUT2D eigenvalue weighted by Crippen LogP contribution is -2.68. The quantitative estimate of drug-likeness (QED) is 0.385. The average Bonchev–Trinajstić information content (AvgIpc) is 3.28. The van der Waals surface area contributed by atoms with Crippen LogP contribution in [0.1, 0.15) is 64.7 Å². The van der Waals surface area contributed by atoms with E-state index in [0.29, 0.717) is 45.3 Å². The summed E-state index contributed by atoms with van der Waals surface area (Å²) in [7, 11) is 0. The van der Waals surface area contributed by atoms with E-state index in [2.05, 4.69) is 11.9 Å². The fraction of sp³-hybridized carbons (Fsp3) is 0.840. The van der Waals surface area contributed by atoms with Crippen molar-refractivity contribution in [3.05, 3.63) is 11.6 Å². The standard InChI is InChI=1S/C25H37NO6/c1-22-6-3-19-20(25(22,31)9-5-18(22)16-12-21(29)32-14-16)4-8-24(30)13-17(28)2-7-23(19,24)15-26-10-11-27/h12,15,17-20,27-28,30-31H,2-11,13-14H2,1H3/t17-,18-,19+,20-,22-,23+,24+,25+/m1/s1. The maximum atomic E-state index is 12.3. The number of aliphatic imine (C=N–C) groups is 1. The minimum absolute atomic E-state index is 0.0287. The van der Waals surface area contributed by atoms with Gasteiger partial charge in [0.05, 0.1) is 30.5 Å². The summed E-state index contributed by atoms with van der Waals surface area (Å²) in [6, 6.07) is 0. The van der Waals surface area contributed by atoms with Crippen molar-refractivity contribution >= 4 is 12.2 Å².